The predicted molar refractivity (Wildman–Crippen MR) is 41.8 cm³/mol. The lowest BCUT2D eigenvalue weighted by atomic mass is 10.2. The molecule has 0 aromatic rings. The van der Waals surface area contributed by atoms with Crippen molar-refractivity contribution in [2.75, 3.05) is 0 Å². The van der Waals surface area contributed by atoms with E-state index in [-0.39, 0.29) is 4.91 Å². The Morgan fingerprint density at radius 2 is 2.10 bits per heavy atom. The highest BCUT2D eigenvalue weighted by molar-refractivity contribution is 7.93. The quantitative estimate of drug-likeness (QED) is 0.671. The van der Waals surface area contributed by atoms with E-state index in [1.54, 1.807) is 0 Å². The maximum atomic E-state index is 10.5. The Morgan fingerprint density at radius 1 is 1.60 bits per heavy atom. The fourth-order valence-electron chi connectivity index (χ4n) is 0.516. The lowest BCUT2D eigenvalue weighted by Gasteiger charge is -1.99. The summed E-state index contributed by atoms with van der Waals surface area (Å²) >= 11 is 0. The molecule has 0 amide bonds. The van der Waals surface area contributed by atoms with Crippen molar-refractivity contribution in [3.05, 3.63) is 11.5 Å². The van der Waals surface area contributed by atoms with Crippen LogP contribution < -0.4 is 5.14 Å². The number of hydrogen-bond donors (Lipinski definition) is 1. The van der Waals surface area contributed by atoms with Crippen molar-refractivity contribution in [1.82, 2.24) is 0 Å². The number of rotatable bonds is 4. The van der Waals surface area contributed by atoms with Gasteiger partial charge in [0.2, 0.25) is 10.0 Å². The fourth-order valence-corrected chi connectivity index (χ4v) is 0.945. The summed E-state index contributed by atoms with van der Waals surface area (Å²) in [6, 6.07) is 0. The van der Waals surface area contributed by atoms with Gasteiger partial charge in [0.1, 0.15) is 0 Å². The van der Waals surface area contributed by atoms with E-state index in [1.807, 2.05) is 6.92 Å². The van der Waals surface area contributed by atoms with Crippen LogP contribution in [0.5, 0.6) is 0 Å². The van der Waals surface area contributed by atoms with E-state index in [4.69, 9.17) is 5.14 Å². The SMILES string of the molecule is C=C(CCCC)S(N)(=O)=O. The van der Waals surface area contributed by atoms with Crippen molar-refractivity contribution in [1.29, 1.82) is 0 Å². The number of primary sulfonamides is 1. The third kappa shape index (κ3) is 3.63. The predicted octanol–water partition coefficient (Wildman–Crippen LogP) is 0.979. The van der Waals surface area contributed by atoms with Gasteiger partial charge in [0, 0.05) is 0 Å². The van der Waals surface area contributed by atoms with Gasteiger partial charge in [-0.05, 0) is 12.8 Å². The zero-order valence-corrected chi connectivity index (χ0v) is 6.95. The van der Waals surface area contributed by atoms with Gasteiger partial charge in [0.05, 0.1) is 4.91 Å². The minimum absolute atomic E-state index is 0.134. The molecular formula is C6H13NO2S. The van der Waals surface area contributed by atoms with E-state index in [9.17, 15) is 8.42 Å². The molecule has 0 spiro atoms. The van der Waals surface area contributed by atoms with E-state index in [0.29, 0.717) is 6.42 Å². The van der Waals surface area contributed by atoms with Crippen LogP contribution in [0.25, 0.3) is 0 Å². The normalized spacial score (nSPS) is 11.4. The molecule has 0 aliphatic rings. The van der Waals surface area contributed by atoms with Crippen LogP contribution in [0.4, 0.5) is 0 Å². The second-order valence-electron chi connectivity index (χ2n) is 2.19. The summed E-state index contributed by atoms with van der Waals surface area (Å²) in [7, 11) is -3.47. The molecule has 0 radical (unpaired) electrons. The Kier molecular flexibility index (Phi) is 3.60. The van der Waals surface area contributed by atoms with Crippen molar-refractivity contribution in [3.8, 4) is 0 Å². The van der Waals surface area contributed by atoms with E-state index >= 15 is 0 Å². The van der Waals surface area contributed by atoms with Crippen LogP contribution in [0, 0.1) is 0 Å². The average Bonchev–Trinajstić information content (AvgIpc) is 1.80. The Bertz CT molecular complexity index is 206. The van der Waals surface area contributed by atoms with Crippen LogP contribution in [0.15, 0.2) is 11.5 Å². The van der Waals surface area contributed by atoms with E-state index in [1.165, 1.54) is 0 Å². The third-order valence-electron chi connectivity index (χ3n) is 1.21. The minimum atomic E-state index is -3.47. The Balaban J connectivity index is 3.88. The molecule has 0 bridgehead atoms. The molecule has 0 aromatic carbocycles. The van der Waals surface area contributed by atoms with Crippen LogP contribution in [0.3, 0.4) is 0 Å². The highest BCUT2D eigenvalue weighted by Gasteiger charge is 2.06. The molecule has 0 saturated carbocycles. The summed E-state index contributed by atoms with van der Waals surface area (Å²) in [4.78, 5) is 0.134. The van der Waals surface area contributed by atoms with Gasteiger partial charge in [-0.1, -0.05) is 19.9 Å². The lowest BCUT2D eigenvalue weighted by molar-refractivity contribution is 0.600. The van der Waals surface area contributed by atoms with Gasteiger partial charge in [-0.3, -0.25) is 0 Å². The molecule has 0 saturated heterocycles. The number of nitrogens with two attached hydrogens (primary N) is 1. The summed E-state index contributed by atoms with van der Waals surface area (Å²) in [5.74, 6) is 0. The first kappa shape index (κ1) is 9.65. The van der Waals surface area contributed by atoms with Gasteiger partial charge in [-0.15, -0.1) is 0 Å². The molecule has 60 valence electrons. The van der Waals surface area contributed by atoms with E-state index in [2.05, 4.69) is 6.58 Å². The summed E-state index contributed by atoms with van der Waals surface area (Å²) in [5.41, 5.74) is 0. The molecule has 0 aromatic heterocycles. The Morgan fingerprint density at radius 3 is 2.40 bits per heavy atom. The monoisotopic (exact) mass is 163 g/mol. The summed E-state index contributed by atoms with van der Waals surface area (Å²) in [6.07, 6.45) is 2.26. The average molecular weight is 163 g/mol. The summed E-state index contributed by atoms with van der Waals surface area (Å²) < 4.78 is 21.0. The second-order valence-corrected chi connectivity index (χ2v) is 3.85. The molecule has 0 atom stereocenters. The Labute approximate surface area is 62.0 Å². The number of hydrogen-bond acceptors (Lipinski definition) is 2. The molecular weight excluding hydrogens is 150 g/mol. The molecule has 3 nitrogen and oxygen atoms in total. The van der Waals surface area contributed by atoms with E-state index < -0.39 is 10.0 Å². The molecule has 0 unspecified atom stereocenters. The molecule has 0 aliphatic heterocycles. The van der Waals surface area contributed by atoms with Crippen LogP contribution in [0.2, 0.25) is 0 Å². The third-order valence-corrected chi connectivity index (χ3v) is 2.22. The maximum absolute atomic E-state index is 10.5. The van der Waals surface area contributed by atoms with Crippen LogP contribution in [-0.2, 0) is 10.0 Å². The molecule has 0 aliphatic carbocycles. The lowest BCUT2D eigenvalue weighted by Crippen LogP contribution is -2.13. The smallest absolute Gasteiger partial charge is 0.225 e. The van der Waals surface area contributed by atoms with Crippen molar-refractivity contribution >= 4 is 10.0 Å². The maximum Gasteiger partial charge on any atom is 0.233 e. The standard InChI is InChI=1S/C6H13NO2S/c1-3-4-5-6(2)10(7,8)9/h2-5H2,1H3,(H2,7,8,9). The zero-order chi connectivity index (χ0) is 8.20. The number of unbranched alkanes of at least 4 members (excludes halogenated alkanes) is 1. The first-order valence-electron chi connectivity index (χ1n) is 3.19. The van der Waals surface area contributed by atoms with Crippen molar-refractivity contribution in [2.24, 2.45) is 5.14 Å². The second kappa shape index (κ2) is 3.73. The van der Waals surface area contributed by atoms with Gasteiger partial charge in [0.25, 0.3) is 0 Å². The molecule has 0 heterocycles. The molecule has 4 heteroatoms. The molecule has 10 heavy (non-hydrogen) atoms. The van der Waals surface area contributed by atoms with Gasteiger partial charge in [-0.25, -0.2) is 13.6 Å². The van der Waals surface area contributed by atoms with Crippen LogP contribution >= 0.6 is 0 Å². The number of allylic oxidation sites excluding steroid dienone is 1. The zero-order valence-electron chi connectivity index (χ0n) is 6.13. The fraction of sp³-hybridized carbons (Fsp3) is 0.667. The van der Waals surface area contributed by atoms with Crippen molar-refractivity contribution < 1.29 is 8.42 Å². The molecule has 0 fully saturated rings. The highest BCUT2D eigenvalue weighted by atomic mass is 32.2. The van der Waals surface area contributed by atoms with Gasteiger partial charge in [-0.2, -0.15) is 0 Å². The largest absolute Gasteiger partial charge is 0.233 e. The molecule has 2 N–H and O–H groups in total. The van der Waals surface area contributed by atoms with Crippen molar-refractivity contribution in [2.45, 2.75) is 26.2 Å². The highest BCUT2D eigenvalue weighted by Crippen LogP contribution is 2.08. The van der Waals surface area contributed by atoms with E-state index in [0.717, 1.165) is 12.8 Å². The van der Waals surface area contributed by atoms with Gasteiger partial charge < -0.3 is 0 Å². The number of sulfonamides is 1. The van der Waals surface area contributed by atoms with Gasteiger partial charge in [0.15, 0.2) is 0 Å². The van der Waals surface area contributed by atoms with Crippen molar-refractivity contribution in [3.63, 3.8) is 0 Å². The summed E-state index contributed by atoms with van der Waals surface area (Å²) in [6.45, 7) is 5.33. The first-order chi connectivity index (χ1) is 4.48. The topological polar surface area (TPSA) is 60.2 Å². The van der Waals surface area contributed by atoms with Crippen LogP contribution in [-0.4, -0.2) is 8.42 Å². The summed E-state index contributed by atoms with van der Waals surface area (Å²) in [5, 5.41) is 4.79. The first-order valence-corrected chi connectivity index (χ1v) is 4.73. The minimum Gasteiger partial charge on any atom is -0.225 e. The Hall–Kier alpha value is -0.350. The van der Waals surface area contributed by atoms with Crippen LogP contribution in [0.1, 0.15) is 26.2 Å². The molecule has 0 rings (SSSR count). The van der Waals surface area contributed by atoms with Gasteiger partial charge >= 0.3 is 0 Å².